The number of nitrogens with zero attached hydrogens (tertiary/aromatic N) is 1. The van der Waals surface area contributed by atoms with Crippen molar-refractivity contribution < 1.29 is 13.2 Å². The Bertz CT molecular complexity index is 916. The minimum atomic E-state index is -3.34. The van der Waals surface area contributed by atoms with E-state index in [1.54, 1.807) is 17.0 Å². The van der Waals surface area contributed by atoms with Crippen molar-refractivity contribution >= 4 is 21.4 Å². The van der Waals surface area contributed by atoms with Gasteiger partial charge >= 0.3 is 0 Å². The van der Waals surface area contributed by atoms with E-state index < -0.39 is 9.84 Å². The molecule has 2 aromatic rings. The molecule has 0 spiro atoms. The molecule has 0 saturated carbocycles. The van der Waals surface area contributed by atoms with E-state index in [0.29, 0.717) is 12.1 Å². The third-order valence-electron chi connectivity index (χ3n) is 4.47. The summed E-state index contributed by atoms with van der Waals surface area (Å²) in [6.07, 6.45) is 3.03. The van der Waals surface area contributed by atoms with Crippen molar-refractivity contribution in [2.24, 2.45) is 0 Å². The summed E-state index contributed by atoms with van der Waals surface area (Å²) in [4.78, 5) is 15.0. The molecule has 1 heterocycles. The average Bonchev–Trinajstić information content (AvgIpc) is 2.52. The van der Waals surface area contributed by atoms with Crippen LogP contribution in [0.2, 0.25) is 0 Å². The fourth-order valence-electron chi connectivity index (χ4n) is 3.14. The highest BCUT2D eigenvalue weighted by molar-refractivity contribution is 7.90. The number of benzene rings is 2. The van der Waals surface area contributed by atoms with Crippen LogP contribution in [-0.2, 0) is 16.3 Å². The lowest BCUT2D eigenvalue weighted by atomic mass is 9.98. The number of aryl methyl sites for hydroxylation is 3. The molecule has 0 bridgehead atoms. The molecule has 0 fully saturated rings. The van der Waals surface area contributed by atoms with E-state index in [4.69, 9.17) is 0 Å². The molecule has 0 aliphatic carbocycles. The molecular weight excluding hydrogens is 322 g/mol. The number of rotatable bonds is 2. The summed E-state index contributed by atoms with van der Waals surface area (Å²) in [5.41, 5.74) is 4.52. The average molecular weight is 343 g/mol. The zero-order valence-electron chi connectivity index (χ0n) is 14.2. The Morgan fingerprint density at radius 1 is 1.08 bits per heavy atom. The van der Waals surface area contributed by atoms with Gasteiger partial charge in [-0.2, -0.15) is 0 Å². The number of carbonyl (C=O) groups is 1. The van der Waals surface area contributed by atoms with E-state index in [2.05, 4.69) is 6.07 Å². The van der Waals surface area contributed by atoms with Crippen molar-refractivity contribution in [3.05, 3.63) is 58.7 Å². The van der Waals surface area contributed by atoms with E-state index in [1.165, 1.54) is 17.2 Å². The number of amides is 1. The van der Waals surface area contributed by atoms with Crippen molar-refractivity contribution in [3.8, 4) is 0 Å². The van der Waals surface area contributed by atoms with Gasteiger partial charge in [0.2, 0.25) is 0 Å². The van der Waals surface area contributed by atoms with Gasteiger partial charge in [-0.15, -0.1) is 0 Å². The Morgan fingerprint density at radius 3 is 2.54 bits per heavy atom. The molecule has 24 heavy (non-hydrogen) atoms. The van der Waals surface area contributed by atoms with Crippen LogP contribution in [-0.4, -0.2) is 27.1 Å². The molecule has 5 heteroatoms. The second-order valence-corrected chi connectivity index (χ2v) is 8.46. The van der Waals surface area contributed by atoms with Crippen LogP contribution in [0.4, 0.5) is 5.69 Å². The summed E-state index contributed by atoms with van der Waals surface area (Å²) in [6.45, 7) is 4.53. The van der Waals surface area contributed by atoms with Crippen LogP contribution in [0.3, 0.4) is 0 Å². The molecule has 0 N–H and O–H groups in total. The third-order valence-corrected chi connectivity index (χ3v) is 5.58. The molecule has 0 saturated heterocycles. The van der Waals surface area contributed by atoms with Crippen LogP contribution in [0.15, 0.2) is 41.3 Å². The Morgan fingerprint density at radius 2 is 1.83 bits per heavy atom. The van der Waals surface area contributed by atoms with E-state index in [0.717, 1.165) is 30.3 Å². The van der Waals surface area contributed by atoms with Crippen molar-refractivity contribution in [3.63, 3.8) is 0 Å². The summed E-state index contributed by atoms with van der Waals surface area (Å²) in [5.74, 6) is -0.136. The summed E-state index contributed by atoms with van der Waals surface area (Å²) in [5, 5.41) is 0. The topological polar surface area (TPSA) is 54.5 Å². The fourth-order valence-corrected chi connectivity index (χ4v) is 3.79. The van der Waals surface area contributed by atoms with Gasteiger partial charge in [-0.25, -0.2) is 8.42 Å². The third kappa shape index (κ3) is 3.08. The first kappa shape index (κ1) is 16.7. The maximum absolute atomic E-state index is 13.1. The van der Waals surface area contributed by atoms with Crippen LogP contribution < -0.4 is 4.90 Å². The molecule has 0 unspecified atom stereocenters. The van der Waals surface area contributed by atoms with Crippen LogP contribution in [0.25, 0.3) is 0 Å². The second-order valence-electron chi connectivity index (χ2n) is 6.44. The molecule has 3 rings (SSSR count). The van der Waals surface area contributed by atoms with Gasteiger partial charge in [0.05, 0.1) is 4.90 Å². The number of hydrogen-bond acceptors (Lipinski definition) is 3. The molecule has 0 atom stereocenters. The normalized spacial score (nSPS) is 14.4. The van der Waals surface area contributed by atoms with Gasteiger partial charge in [0, 0.05) is 24.1 Å². The van der Waals surface area contributed by atoms with Crippen LogP contribution >= 0.6 is 0 Å². The predicted octanol–water partition coefficient (Wildman–Crippen LogP) is 3.30. The Labute approximate surface area is 143 Å². The molecule has 0 radical (unpaired) electrons. The van der Waals surface area contributed by atoms with E-state index in [9.17, 15) is 13.2 Å². The van der Waals surface area contributed by atoms with Crippen molar-refractivity contribution in [1.29, 1.82) is 0 Å². The SMILES string of the molecule is Cc1ccc2c(c1)CCCN2C(=O)c1cc(S(C)(=O)=O)ccc1C. The summed E-state index contributed by atoms with van der Waals surface area (Å²) in [6, 6.07) is 10.9. The van der Waals surface area contributed by atoms with Crippen molar-refractivity contribution in [2.75, 3.05) is 17.7 Å². The first-order valence-electron chi connectivity index (χ1n) is 7.99. The van der Waals surface area contributed by atoms with E-state index >= 15 is 0 Å². The van der Waals surface area contributed by atoms with Crippen LogP contribution in [0.1, 0.15) is 33.5 Å². The van der Waals surface area contributed by atoms with Gasteiger partial charge in [-0.05, 0) is 56.0 Å². The molecular formula is C19H21NO3S. The zero-order valence-corrected chi connectivity index (χ0v) is 15.0. The van der Waals surface area contributed by atoms with Gasteiger partial charge in [-0.1, -0.05) is 23.8 Å². The first-order valence-corrected chi connectivity index (χ1v) is 9.88. The minimum Gasteiger partial charge on any atom is -0.308 e. The first-order chi connectivity index (χ1) is 11.3. The molecule has 2 aromatic carbocycles. The number of sulfone groups is 1. The van der Waals surface area contributed by atoms with Gasteiger partial charge in [-0.3, -0.25) is 4.79 Å². The Hall–Kier alpha value is -2.14. The Balaban J connectivity index is 2.05. The van der Waals surface area contributed by atoms with Crippen molar-refractivity contribution in [1.82, 2.24) is 0 Å². The Kier molecular flexibility index (Phi) is 4.22. The highest BCUT2D eigenvalue weighted by Crippen LogP contribution is 2.30. The summed E-state index contributed by atoms with van der Waals surface area (Å²) in [7, 11) is -3.34. The lowest BCUT2D eigenvalue weighted by Gasteiger charge is -2.30. The maximum Gasteiger partial charge on any atom is 0.258 e. The lowest BCUT2D eigenvalue weighted by molar-refractivity contribution is 0.0984. The summed E-state index contributed by atoms with van der Waals surface area (Å²) < 4.78 is 23.6. The van der Waals surface area contributed by atoms with E-state index in [1.807, 2.05) is 26.0 Å². The van der Waals surface area contributed by atoms with Gasteiger partial charge in [0.15, 0.2) is 9.84 Å². The fraction of sp³-hybridized carbons (Fsp3) is 0.316. The molecule has 126 valence electrons. The summed E-state index contributed by atoms with van der Waals surface area (Å²) >= 11 is 0. The zero-order chi connectivity index (χ0) is 17.5. The quantitative estimate of drug-likeness (QED) is 0.841. The largest absolute Gasteiger partial charge is 0.308 e. The van der Waals surface area contributed by atoms with Crippen molar-refractivity contribution in [2.45, 2.75) is 31.6 Å². The van der Waals surface area contributed by atoms with Gasteiger partial charge in [0.25, 0.3) is 5.91 Å². The highest BCUT2D eigenvalue weighted by Gasteiger charge is 2.25. The van der Waals surface area contributed by atoms with Crippen LogP contribution in [0.5, 0.6) is 0 Å². The number of carbonyl (C=O) groups excluding carboxylic acids is 1. The molecule has 1 aliphatic rings. The lowest BCUT2D eigenvalue weighted by Crippen LogP contribution is -2.36. The molecule has 4 nitrogen and oxygen atoms in total. The predicted molar refractivity (Wildman–Crippen MR) is 95.5 cm³/mol. The minimum absolute atomic E-state index is 0.136. The molecule has 1 aliphatic heterocycles. The highest BCUT2D eigenvalue weighted by atomic mass is 32.2. The standard InChI is InChI=1S/C19H21NO3S/c1-13-6-9-18-15(11-13)5-4-10-20(18)19(21)17-12-16(24(3,22)23)8-7-14(17)2/h6-9,11-12H,4-5,10H2,1-3H3. The molecule has 1 amide bonds. The maximum atomic E-state index is 13.1. The number of fused-ring (bicyclic) bond motifs is 1. The monoisotopic (exact) mass is 343 g/mol. The number of anilines is 1. The van der Waals surface area contributed by atoms with Gasteiger partial charge in [0.1, 0.15) is 0 Å². The number of hydrogen-bond donors (Lipinski definition) is 0. The second kappa shape index (κ2) is 6.06. The van der Waals surface area contributed by atoms with E-state index in [-0.39, 0.29) is 10.8 Å². The smallest absolute Gasteiger partial charge is 0.258 e. The van der Waals surface area contributed by atoms with Crippen LogP contribution in [0, 0.1) is 13.8 Å². The molecule has 0 aromatic heterocycles. The van der Waals surface area contributed by atoms with Gasteiger partial charge < -0.3 is 4.90 Å².